The van der Waals surface area contributed by atoms with E-state index in [4.69, 9.17) is 4.74 Å². The van der Waals surface area contributed by atoms with Crippen LogP contribution in [0, 0.1) is 0 Å². The van der Waals surface area contributed by atoms with Gasteiger partial charge in [0.2, 0.25) is 0 Å². The molecule has 3 nitrogen and oxygen atoms in total. The lowest BCUT2D eigenvalue weighted by atomic mass is 10.1. The normalized spacial score (nSPS) is 12.2. The van der Waals surface area contributed by atoms with Gasteiger partial charge in [0, 0.05) is 28.7 Å². The number of nitrogens with one attached hydrogen (secondary N) is 1. The zero-order chi connectivity index (χ0) is 14.5. The van der Waals surface area contributed by atoms with Crippen LogP contribution in [0.4, 0.5) is 0 Å². The van der Waals surface area contributed by atoms with E-state index in [1.807, 2.05) is 24.3 Å². The summed E-state index contributed by atoms with van der Waals surface area (Å²) in [6.45, 7) is 2.70. The SMILES string of the molecule is COc1ccc(CN[C@H](C)c2cccc(Br)c2)c(O)c1. The molecule has 0 aliphatic carbocycles. The highest BCUT2D eigenvalue weighted by atomic mass is 79.9. The topological polar surface area (TPSA) is 41.5 Å². The van der Waals surface area contributed by atoms with Crippen LogP contribution in [0.2, 0.25) is 0 Å². The van der Waals surface area contributed by atoms with Crippen LogP contribution in [-0.4, -0.2) is 12.2 Å². The lowest BCUT2D eigenvalue weighted by Crippen LogP contribution is -2.18. The van der Waals surface area contributed by atoms with E-state index >= 15 is 0 Å². The molecule has 2 aromatic carbocycles. The summed E-state index contributed by atoms with van der Waals surface area (Å²) in [5.74, 6) is 0.907. The Labute approximate surface area is 127 Å². The largest absolute Gasteiger partial charge is 0.507 e. The summed E-state index contributed by atoms with van der Waals surface area (Å²) in [4.78, 5) is 0. The fourth-order valence-corrected chi connectivity index (χ4v) is 2.39. The first-order valence-corrected chi connectivity index (χ1v) is 7.24. The third kappa shape index (κ3) is 3.74. The minimum absolute atomic E-state index is 0.203. The minimum Gasteiger partial charge on any atom is -0.507 e. The van der Waals surface area contributed by atoms with Gasteiger partial charge in [-0.1, -0.05) is 34.1 Å². The van der Waals surface area contributed by atoms with E-state index in [-0.39, 0.29) is 11.8 Å². The Kier molecular flexibility index (Phi) is 5.04. The van der Waals surface area contributed by atoms with Crippen molar-refractivity contribution in [2.45, 2.75) is 19.5 Å². The maximum atomic E-state index is 9.92. The molecule has 0 amide bonds. The molecule has 0 spiro atoms. The summed E-state index contributed by atoms with van der Waals surface area (Å²) in [5.41, 5.74) is 2.06. The number of benzene rings is 2. The lowest BCUT2D eigenvalue weighted by Gasteiger charge is -2.15. The fraction of sp³-hybridized carbons (Fsp3) is 0.250. The number of ether oxygens (including phenoxy) is 1. The first-order valence-electron chi connectivity index (χ1n) is 6.45. The second-order valence-electron chi connectivity index (χ2n) is 4.65. The fourth-order valence-electron chi connectivity index (χ4n) is 1.98. The van der Waals surface area contributed by atoms with Crippen molar-refractivity contribution in [2.75, 3.05) is 7.11 Å². The summed E-state index contributed by atoms with van der Waals surface area (Å²) in [7, 11) is 1.59. The molecule has 4 heteroatoms. The number of methoxy groups -OCH3 is 1. The third-order valence-corrected chi connectivity index (χ3v) is 3.73. The molecule has 0 radical (unpaired) electrons. The Hall–Kier alpha value is -1.52. The van der Waals surface area contributed by atoms with Crippen molar-refractivity contribution in [1.29, 1.82) is 0 Å². The molecule has 0 saturated heterocycles. The number of rotatable bonds is 5. The minimum atomic E-state index is 0.203. The lowest BCUT2D eigenvalue weighted by molar-refractivity contribution is 0.405. The van der Waals surface area contributed by atoms with Crippen LogP contribution in [-0.2, 0) is 6.54 Å². The van der Waals surface area contributed by atoms with Gasteiger partial charge in [-0.05, 0) is 30.7 Å². The van der Waals surface area contributed by atoms with Gasteiger partial charge in [-0.25, -0.2) is 0 Å². The van der Waals surface area contributed by atoms with Gasteiger partial charge in [0.05, 0.1) is 7.11 Å². The molecule has 0 bridgehead atoms. The molecule has 20 heavy (non-hydrogen) atoms. The molecule has 0 aliphatic heterocycles. The van der Waals surface area contributed by atoms with Crippen LogP contribution >= 0.6 is 15.9 Å². The molecular weight excluding hydrogens is 318 g/mol. The van der Waals surface area contributed by atoms with Crippen LogP contribution in [0.15, 0.2) is 46.9 Å². The summed E-state index contributed by atoms with van der Waals surface area (Å²) in [6.07, 6.45) is 0. The van der Waals surface area contributed by atoms with Crippen molar-refractivity contribution in [3.63, 3.8) is 0 Å². The van der Waals surface area contributed by atoms with Gasteiger partial charge < -0.3 is 15.2 Å². The van der Waals surface area contributed by atoms with E-state index in [1.54, 1.807) is 13.2 Å². The van der Waals surface area contributed by atoms with E-state index in [9.17, 15) is 5.11 Å². The summed E-state index contributed by atoms with van der Waals surface area (Å²) < 4.78 is 6.14. The van der Waals surface area contributed by atoms with E-state index < -0.39 is 0 Å². The summed E-state index contributed by atoms with van der Waals surface area (Å²) >= 11 is 3.47. The van der Waals surface area contributed by atoms with E-state index in [0.29, 0.717) is 12.3 Å². The first kappa shape index (κ1) is 14.9. The van der Waals surface area contributed by atoms with Gasteiger partial charge in [-0.15, -0.1) is 0 Å². The van der Waals surface area contributed by atoms with Crippen LogP contribution in [0.1, 0.15) is 24.1 Å². The van der Waals surface area contributed by atoms with E-state index in [1.165, 1.54) is 5.56 Å². The molecule has 2 aromatic rings. The second kappa shape index (κ2) is 6.77. The number of aromatic hydroxyl groups is 1. The third-order valence-electron chi connectivity index (χ3n) is 3.24. The summed E-state index contributed by atoms with van der Waals surface area (Å²) in [5, 5.41) is 13.3. The van der Waals surface area contributed by atoms with Crippen molar-refractivity contribution >= 4 is 15.9 Å². The monoisotopic (exact) mass is 335 g/mol. The maximum Gasteiger partial charge on any atom is 0.123 e. The molecule has 0 fully saturated rings. The predicted octanol–water partition coefficient (Wildman–Crippen LogP) is 4.01. The van der Waals surface area contributed by atoms with Gasteiger partial charge in [0.25, 0.3) is 0 Å². The van der Waals surface area contributed by atoms with Gasteiger partial charge in [0.15, 0.2) is 0 Å². The quantitative estimate of drug-likeness (QED) is 0.867. The molecule has 1 atom stereocenters. The van der Waals surface area contributed by atoms with Gasteiger partial charge in [-0.3, -0.25) is 0 Å². The molecule has 2 rings (SSSR count). The van der Waals surface area contributed by atoms with Crippen LogP contribution in [0.25, 0.3) is 0 Å². The van der Waals surface area contributed by atoms with Gasteiger partial charge >= 0.3 is 0 Å². The molecule has 0 aliphatic rings. The number of phenolic OH excluding ortho intramolecular Hbond substituents is 1. The zero-order valence-corrected chi connectivity index (χ0v) is 13.1. The van der Waals surface area contributed by atoms with Crippen LogP contribution < -0.4 is 10.1 Å². The summed E-state index contributed by atoms with van der Waals surface area (Å²) in [6, 6.07) is 13.7. The average Bonchev–Trinajstić information content (AvgIpc) is 2.45. The maximum absolute atomic E-state index is 9.92. The average molecular weight is 336 g/mol. The Bertz CT molecular complexity index is 586. The molecule has 2 N–H and O–H groups in total. The van der Waals surface area contributed by atoms with Gasteiger partial charge in [0.1, 0.15) is 11.5 Å². The first-order chi connectivity index (χ1) is 9.60. The van der Waals surface area contributed by atoms with Crippen molar-refractivity contribution in [3.8, 4) is 11.5 Å². The van der Waals surface area contributed by atoms with Crippen molar-refractivity contribution < 1.29 is 9.84 Å². The van der Waals surface area contributed by atoms with E-state index in [0.717, 1.165) is 10.0 Å². The zero-order valence-electron chi connectivity index (χ0n) is 11.6. The molecule has 0 aromatic heterocycles. The Morgan fingerprint density at radius 3 is 2.70 bits per heavy atom. The van der Waals surface area contributed by atoms with Crippen molar-refractivity contribution in [2.24, 2.45) is 0 Å². The smallest absolute Gasteiger partial charge is 0.123 e. The van der Waals surface area contributed by atoms with E-state index in [2.05, 4.69) is 40.3 Å². The van der Waals surface area contributed by atoms with Gasteiger partial charge in [-0.2, -0.15) is 0 Å². The molecule has 0 saturated carbocycles. The van der Waals surface area contributed by atoms with Crippen molar-refractivity contribution in [1.82, 2.24) is 5.32 Å². The standard InChI is InChI=1S/C16H18BrNO2/c1-11(12-4-3-5-14(17)8-12)18-10-13-6-7-15(20-2)9-16(13)19/h3-9,11,18-19H,10H2,1-2H3/t11-/m1/s1. The van der Waals surface area contributed by atoms with Crippen LogP contribution in [0.3, 0.4) is 0 Å². The molecule has 0 unspecified atom stereocenters. The Balaban J connectivity index is 2.01. The van der Waals surface area contributed by atoms with Crippen molar-refractivity contribution in [3.05, 3.63) is 58.1 Å². The second-order valence-corrected chi connectivity index (χ2v) is 5.57. The molecule has 106 valence electrons. The number of hydrogen-bond acceptors (Lipinski definition) is 3. The highest BCUT2D eigenvalue weighted by Crippen LogP contribution is 2.24. The number of phenols is 1. The van der Waals surface area contributed by atoms with Crippen LogP contribution in [0.5, 0.6) is 11.5 Å². The number of halogens is 1. The number of hydrogen-bond donors (Lipinski definition) is 2. The predicted molar refractivity (Wildman–Crippen MR) is 84.1 cm³/mol. The Morgan fingerprint density at radius 2 is 2.05 bits per heavy atom. The molecule has 0 heterocycles. The Morgan fingerprint density at radius 1 is 1.25 bits per heavy atom. The highest BCUT2D eigenvalue weighted by molar-refractivity contribution is 9.10. The highest BCUT2D eigenvalue weighted by Gasteiger charge is 2.08. The molecular formula is C16H18BrNO2.